The summed E-state index contributed by atoms with van der Waals surface area (Å²) in [4.78, 5) is 14.6. The molecule has 0 aliphatic rings. The molecule has 1 aromatic carbocycles. The number of nitro benzene ring substituents is 1. The SMILES string of the molecule is CNC(C)Cc1noc(-c2ccn(-c3ccc([N+](=O)[O-])cc3)n2)n1. The Labute approximate surface area is 137 Å². The Morgan fingerprint density at radius 1 is 1.33 bits per heavy atom. The number of nitro groups is 1. The molecule has 0 aliphatic carbocycles. The van der Waals surface area contributed by atoms with Crippen LogP contribution in [0.3, 0.4) is 0 Å². The maximum Gasteiger partial charge on any atom is 0.278 e. The molecular weight excluding hydrogens is 312 g/mol. The molecule has 0 saturated carbocycles. The Hall–Kier alpha value is -3.07. The Morgan fingerprint density at radius 2 is 2.08 bits per heavy atom. The molecule has 0 saturated heterocycles. The molecule has 24 heavy (non-hydrogen) atoms. The first-order valence-corrected chi connectivity index (χ1v) is 7.37. The van der Waals surface area contributed by atoms with Crippen LogP contribution in [0, 0.1) is 10.1 Å². The number of aromatic nitrogens is 4. The number of hydrogen-bond acceptors (Lipinski definition) is 7. The van der Waals surface area contributed by atoms with Gasteiger partial charge in [-0.15, -0.1) is 0 Å². The Morgan fingerprint density at radius 3 is 2.75 bits per heavy atom. The molecule has 124 valence electrons. The average molecular weight is 328 g/mol. The second-order valence-electron chi connectivity index (χ2n) is 5.33. The predicted molar refractivity (Wildman–Crippen MR) is 85.7 cm³/mol. The number of benzene rings is 1. The Bertz CT molecular complexity index is 839. The van der Waals surface area contributed by atoms with Crippen LogP contribution in [0.25, 0.3) is 17.3 Å². The topological polar surface area (TPSA) is 112 Å². The van der Waals surface area contributed by atoms with Gasteiger partial charge in [-0.05, 0) is 32.2 Å². The number of nitrogens with zero attached hydrogens (tertiary/aromatic N) is 5. The highest BCUT2D eigenvalue weighted by Crippen LogP contribution is 2.19. The highest BCUT2D eigenvalue weighted by Gasteiger charge is 2.14. The average Bonchev–Trinajstić information content (AvgIpc) is 3.24. The van der Waals surface area contributed by atoms with Gasteiger partial charge in [0, 0.05) is 30.8 Å². The van der Waals surface area contributed by atoms with Gasteiger partial charge in [0.05, 0.1) is 10.6 Å². The molecule has 0 fully saturated rings. The lowest BCUT2D eigenvalue weighted by atomic mass is 10.2. The maximum absolute atomic E-state index is 10.7. The van der Waals surface area contributed by atoms with Gasteiger partial charge in [-0.3, -0.25) is 10.1 Å². The van der Waals surface area contributed by atoms with Crippen LogP contribution in [0.15, 0.2) is 41.1 Å². The molecule has 0 amide bonds. The van der Waals surface area contributed by atoms with Gasteiger partial charge in [-0.2, -0.15) is 10.1 Å². The lowest BCUT2D eigenvalue weighted by molar-refractivity contribution is -0.384. The van der Waals surface area contributed by atoms with E-state index < -0.39 is 4.92 Å². The molecule has 0 aliphatic heterocycles. The van der Waals surface area contributed by atoms with Crippen molar-refractivity contribution >= 4 is 5.69 Å². The smallest absolute Gasteiger partial charge is 0.278 e. The van der Waals surface area contributed by atoms with Crippen molar-refractivity contribution in [3.63, 3.8) is 0 Å². The van der Waals surface area contributed by atoms with Gasteiger partial charge >= 0.3 is 0 Å². The van der Waals surface area contributed by atoms with Crippen LogP contribution in [0.4, 0.5) is 5.69 Å². The van der Waals surface area contributed by atoms with E-state index in [1.54, 1.807) is 29.1 Å². The Kier molecular flexibility index (Phi) is 4.34. The van der Waals surface area contributed by atoms with Gasteiger partial charge < -0.3 is 9.84 Å². The molecule has 0 radical (unpaired) electrons. The van der Waals surface area contributed by atoms with Gasteiger partial charge in [-0.1, -0.05) is 5.16 Å². The summed E-state index contributed by atoms with van der Waals surface area (Å²) < 4.78 is 6.84. The summed E-state index contributed by atoms with van der Waals surface area (Å²) in [6.45, 7) is 2.03. The minimum Gasteiger partial charge on any atom is -0.332 e. The summed E-state index contributed by atoms with van der Waals surface area (Å²) in [6.07, 6.45) is 2.39. The highest BCUT2D eigenvalue weighted by atomic mass is 16.6. The molecule has 0 bridgehead atoms. The molecule has 2 heterocycles. The van der Waals surface area contributed by atoms with Crippen molar-refractivity contribution in [1.29, 1.82) is 0 Å². The number of nitrogens with one attached hydrogen (secondary N) is 1. The zero-order chi connectivity index (χ0) is 17.1. The zero-order valence-corrected chi connectivity index (χ0v) is 13.2. The third kappa shape index (κ3) is 3.30. The molecule has 3 aromatic rings. The van der Waals surface area contributed by atoms with E-state index in [4.69, 9.17) is 4.52 Å². The third-order valence-electron chi connectivity index (χ3n) is 3.58. The quantitative estimate of drug-likeness (QED) is 0.544. The summed E-state index contributed by atoms with van der Waals surface area (Å²) in [5, 5.41) is 22.1. The lowest BCUT2D eigenvalue weighted by Gasteiger charge is -2.04. The summed E-state index contributed by atoms with van der Waals surface area (Å²) in [6, 6.07) is 8.11. The van der Waals surface area contributed by atoms with E-state index in [9.17, 15) is 10.1 Å². The minimum atomic E-state index is -0.440. The van der Waals surface area contributed by atoms with E-state index in [1.165, 1.54) is 12.1 Å². The summed E-state index contributed by atoms with van der Waals surface area (Å²) in [5.74, 6) is 0.950. The first-order chi connectivity index (χ1) is 11.6. The standard InChI is InChI=1S/C15H16N6O3/c1-10(16-2)9-14-17-15(24-19-14)13-7-8-20(18-13)11-3-5-12(6-4-11)21(22)23/h3-8,10,16H,9H2,1-2H3. The van der Waals surface area contributed by atoms with E-state index in [2.05, 4.69) is 20.6 Å². The van der Waals surface area contributed by atoms with Crippen LogP contribution in [0.5, 0.6) is 0 Å². The lowest BCUT2D eigenvalue weighted by Crippen LogP contribution is -2.24. The molecule has 1 unspecified atom stereocenters. The largest absolute Gasteiger partial charge is 0.332 e. The molecule has 1 N–H and O–H groups in total. The molecule has 9 heteroatoms. The summed E-state index contributed by atoms with van der Waals surface area (Å²) in [7, 11) is 1.87. The third-order valence-corrected chi connectivity index (χ3v) is 3.58. The molecule has 9 nitrogen and oxygen atoms in total. The van der Waals surface area contributed by atoms with Crippen LogP contribution in [-0.2, 0) is 6.42 Å². The van der Waals surface area contributed by atoms with Gasteiger partial charge in [0.25, 0.3) is 11.6 Å². The van der Waals surface area contributed by atoms with E-state index in [-0.39, 0.29) is 11.7 Å². The van der Waals surface area contributed by atoms with E-state index in [0.29, 0.717) is 29.5 Å². The number of non-ortho nitro benzene ring substituents is 1. The van der Waals surface area contributed by atoms with Gasteiger partial charge in [0.2, 0.25) is 0 Å². The van der Waals surface area contributed by atoms with Crippen molar-refractivity contribution in [2.45, 2.75) is 19.4 Å². The minimum absolute atomic E-state index is 0.0336. The maximum atomic E-state index is 10.7. The highest BCUT2D eigenvalue weighted by molar-refractivity contribution is 5.47. The van der Waals surface area contributed by atoms with E-state index >= 15 is 0 Å². The van der Waals surface area contributed by atoms with Gasteiger partial charge in [0.15, 0.2) is 11.5 Å². The van der Waals surface area contributed by atoms with Crippen molar-refractivity contribution in [3.8, 4) is 17.3 Å². The fourth-order valence-corrected chi connectivity index (χ4v) is 2.13. The summed E-state index contributed by atoms with van der Waals surface area (Å²) in [5.41, 5.74) is 1.28. The van der Waals surface area contributed by atoms with Crippen LogP contribution in [-0.4, -0.2) is 37.9 Å². The fraction of sp³-hybridized carbons (Fsp3) is 0.267. The number of rotatable bonds is 6. The fourth-order valence-electron chi connectivity index (χ4n) is 2.13. The van der Waals surface area contributed by atoms with Crippen molar-refractivity contribution in [3.05, 3.63) is 52.5 Å². The molecule has 3 rings (SSSR count). The van der Waals surface area contributed by atoms with Crippen LogP contribution < -0.4 is 5.32 Å². The van der Waals surface area contributed by atoms with Crippen molar-refractivity contribution in [2.24, 2.45) is 0 Å². The van der Waals surface area contributed by atoms with Crippen LogP contribution in [0.1, 0.15) is 12.7 Å². The van der Waals surface area contributed by atoms with Crippen molar-refractivity contribution in [1.82, 2.24) is 25.2 Å². The first-order valence-electron chi connectivity index (χ1n) is 7.37. The van der Waals surface area contributed by atoms with Crippen molar-refractivity contribution < 1.29 is 9.45 Å². The van der Waals surface area contributed by atoms with Crippen LogP contribution in [0.2, 0.25) is 0 Å². The molecular formula is C15H16N6O3. The van der Waals surface area contributed by atoms with E-state index in [0.717, 1.165) is 0 Å². The molecule has 1 atom stereocenters. The second kappa shape index (κ2) is 6.59. The molecule has 0 spiro atoms. The van der Waals surface area contributed by atoms with Gasteiger partial charge in [0.1, 0.15) is 0 Å². The van der Waals surface area contributed by atoms with E-state index in [1.807, 2.05) is 14.0 Å². The van der Waals surface area contributed by atoms with Crippen LogP contribution >= 0.6 is 0 Å². The van der Waals surface area contributed by atoms with Gasteiger partial charge in [-0.25, -0.2) is 4.68 Å². The second-order valence-corrected chi connectivity index (χ2v) is 5.33. The monoisotopic (exact) mass is 328 g/mol. The number of hydrogen-bond donors (Lipinski definition) is 1. The first kappa shape index (κ1) is 15.8. The molecule has 2 aromatic heterocycles. The normalized spacial score (nSPS) is 12.2. The summed E-state index contributed by atoms with van der Waals surface area (Å²) >= 11 is 0. The zero-order valence-electron chi connectivity index (χ0n) is 13.2. The van der Waals surface area contributed by atoms with Crippen molar-refractivity contribution in [2.75, 3.05) is 7.05 Å². The predicted octanol–water partition coefficient (Wildman–Crippen LogP) is 1.98. The Balaban J connectivity index is 1.79. The number of likely N-dealkylation sites (N-methyl/N-ethyl adjacent to an activating group) is 1.